The molecule has 0 atom stereocenters. The highest BCUT2D eigenvalue weighted by Crippen LogP contribution is 2.13. The molecule has 2 aromatic heterocycles. The van der Waals surface area contributed by atoms with Crippen LogP contribution in [0.4, 0.5) is 0 Å². The van der Waals surface area contributed by atoms with Crippen LogP contribution in [-0.4, -0.2) is 25.6 Å². The van der Waals surface area contributed by atoms with Crippen LogP contribution in [0.2, 0.25) is 0 Å². The molecule has 0 aliphatic heterocycles. The summed E-state index contributed by atoms with van der Waals surface area (Å²) < 4.78 is 1.84. The topological polar surface area (TPSA) is 68.0 Å². The molecule has 5 nitrogen and oxygen atoms in total. The van der Waals surface area contributed by atoms with Gasteiger partial charge in [-0.3, -0.25) is 4.98 Å². The molecule has 0 amide bonds. The molecular formula is C13H15N3O2. The van der Waals surface area contributed by atoms with Crippen molar-refractivity contribution < 1.29 is 9.90 Å². The van der Waals surface area contributed by atoms with Crippen LogP contribution in [0.5, 0.6) is 0 Å². The lowest BCUT2D eigenvalue weighted by Crippen LogP contribution is -2.06. The summed E-state index contributed by atoms with van der Waals surface area (Å²) in [6, 6.07) is 3.87. The van der Waals surface area contributed by atoms with Gasteiger partial charge in [-0.15, -0.1) is 0 Å². The zero-order valence-electron chi connectivity index (χ0n) is 10.4. The van der Waals surface area contributed by atoms with Crippen LogP contribution >= 0.6 is 0 Å². The van der Waals surface area contributed by atoms with Gasteiger partial charge in [-0.05, 0) is 37.5 Å². The minimum Gasteiger partial charge on any atom is -0.476 e. The molecule has 0 aliphatic rings. The Labute approximate surface area is 105 Å². The Morgan fingerprint density at radius 3 is 2.61 bits per heavy atom. The molecule has 0 fully saturated rings. The molecule has 0 spiro atoms. The fourth-order valence-corrected chi connectivity index (χ4v) is 1.93. The van der Waals surface area contributed by atoms with Gasteiger partial charge in [0.1, 0.15) is 5.82 Å². The summed E-state index contributed by atoms with van der Waals surface area (Å²) in [5.41, 5.74) is 2.06. The fraction of sp³-hybridized carbons (Fsp3) is 0.308. The summed E-state index contributed by atoms with van der Waals surface area (Å²) in [7, 11) is 1.84. The van der Waals surface area contributed by atoms with Gasteiger partial charge in [-0.25, -0.2) is 9.78 Å². The fourth-order valence-electron chi connectivity index (χ4n) is 1.93. The third-order valence-electron chi connectivity index (χ3n) is 3.04. The van der Waals surface area contributed by atoms with E-state index in [1.165, 1.54) is 0 Å². The highest BCUT2D eigenvalue weighted by molar-refractivity contribution is 5.86. The Bertz CT molecular complexity index is 561. The monoisotopic (exact) mass is 245 g/mol. The van der Waals surface area contributed by atoms with Crippen LogP contribution in [0, 0.1) is 6.92 Å². The number of hydrogen-bond donors (Lipinski definition) is 1. The first-order valence-electron chi connectivity index (χ1n) is 5.74. The average Bonchev–Trinajstić information content (AvgIpc) is 2.65. The summed E-state index contributed by atoms with van der Waals surface area (Å²) >= 11 is 0. The van der Waals surface area contributed by atoms with Crippen molar-refractivity contribution in [1.29, 1.82) is 0 Å². The van der Waals surface area contributed by atoms with Crippen molar-refractivity contribution in [3.8, 4) is 0 Å². The van der Waals surface area contributed by atoms with Gasteiger partial charge >= 0.3 is 5.97 Å². The number of carboxylic acid groups (broad SMARTS) is 1. The van der Waals surface area contributed by atoms with Gasteiger partial charge in [0, 0.05) is 19.4 Å². The second kappa shape index (κ2) is 5.00. The van der Waals surface area contributed by atoms with Gasteiger partial charge in [0.15, 0.2) is 5.69 Å². The molecule has 94 valence electrons. The minimum absolute atomic E-state index is 0.157. The molecule has 0 aliphatic carbocycles. The molecule has 2 heterocycles. The number of pyridine rings is 1. The van der Waals surface area contributed by atoms with E-state index in [9.17, 15) is 4.79 Å². The summed E-state index contributed by atoms with van der Waals surface area (Å²) in [6.45, 7) is 1.81. The summed E-state index contributed by atoms with van der Waals surface area (Å²) in [6.07, 6.45) is 4.91. The zero-order valence-corrected chi connectivity index (χ0v) is 10.4. The van der Waals surface area contributed by atoms with E-state index in [4.69, 9.17) is 5.11 Å². The number of aromatic nitrogens is 3. The molecule has 0 bridgehead atoms. The summed E-state index contributed by atoms with van der Waals surface area (Å²) in [4.78, 5) is 19.1. The Morgan fingerprint density at radius 2 is 2.00 bits per heavy atom. The Kier molecular flexibility index (Phi) is 3.41. The van der Waals surface area contributed by atoms with Gasteiger partial charge in [-0.2, -0.15) is 0 Å². The summed E-state index contributed by atoms with van der Waals surface area (Å²) in [5, 5.41) is 9.11. The number of carbonyl (C=O) groups is 1. The quantitative estimate of drug-likeness (QED) is 0.888. The van der Waals surface area contributed by atoms with Crippen molar-refractivity contribution in [3.05, 3.63) is 47.3 Å². The van der Waals surface area contributed by atoms with Gasteiger partial charge < -0.3 is 9.67 Å². The number of imidazole rings is 1. The lowest BCUT2D eigenvalue weighted by Gasteiger charge is -2.05. The van der Waals surface area contributed by atoms with Crippen LogP contribution in [0.1, 0.15) is 27.6 Å². The predicted octanol–water partition coefficient (Wildman–Crippen LogP) is 1.61. The first kappa shape index (κ1) is 12.3. The van der Waals surface area contributed by atoms with Gasteiger partial charge in [0.05, 0.1) is 5.69 Å². The number of aryl methyl sites for hydroxylation is 2. The first-order chi connectivity index (χ1) is 8.59. The number of aromatic carboxylic acids is 1. The van der Waals surface area contributed by atoms with Crippen LogP contribution in [0.25, 0.3) is 0 Å². The van der Waals surface area contributed by atoms with E-state index in [1.807, 2.05) is 30.7 Å². The van der Waals surface area contributed by atoms with Crippen molar-refractivity contribution in [2.24, 2.45) is 7.05 Å². The average molecular weight is 245 g/mol. The second-order valence-electron chi connectivity index (χ2n) is 4.17. The van der Waals surface area contributed by atoms with Crippen LogP contribution in [0.3, 0.4) is 0 Å². The third-order valence-corrected chi connectivity index (χ3v) is 3.04. The van der Waals surface area contributed by atoms with Crippen molar-refractivity contribution in [2.45, 2.75) is 19.8 Å². The molecule has 0 saturated carbocycles. The van der Waals surface area contributed by atoms with Gasteiger partial charge in [-0.1, -0.05) is 0 Å². The molecule has 1 N–H and O–H groups in total. The van der Waals surface area contributed by atoms with E-state index in [1.54, 1.807) is 12.4 Å². The highest BCUT2D eigenvalue weighted by Gasteiger charge is 2.17. The normalized spacial score (nSPS) is 10.6. The molecule has 2 rings (SSSR count). The highest BCUT2D eigenvalue weighted by atomic mass is 16.4. The van der Waals surface area contributed by atoms with Crippen LogP contribution < -0.4 is 0 Å². The van der Waals surface area contributed by atoms with Crippen LogP contribution in [0.15, 0.2) is 24.5 Å². The number of rotatable bonds is 4. The zero-order chi connectivity index (χ0) is 13.1. The van der Waals surface area contributed by atoms with Crippen molar-refractivity contribution in [3.63, 3.8) is 0 Å². The molecule has 0 radical (unpaired) electrons. The van der Waals surface area contributed by atoms with E-state index >= 15 is 0 Å². The van der Waals surface area contributed by atoms with E-state index in [-0.39, 0.29) is 5.69 Å². The number of hydrogen-bond acceptors (Lipinski definition) is 3. The Morgan fingerprint density at radius 1 is 1.33 bits per heavy atom. The van der Waals surface area contributed by atoms with Gasteiger partial charge in [0.2, 0.25) is 0 Å². The Hall–Kier alpha value is -2.17. The molecule has 0 saturated heterocycles. The minimum atomic E-state index is -0.969. The van der Waals surface area contributed by atoms with Crippen LogP contribution in [-0.2, 0) is 19.9 Å². The lowest BCUT2D eigenvalue weighted by atomic mass is 10.1. The third kappa shape index (κ3) is 2.40. The standard InChI is InChI=1S/C13H15N3O2/c1-9-15-12(13(17)18)11(16(9)2)4-3-10-5-7-14-8-6-10/h5-8H,3-4H2,1-2H3,(H,17,18). The molecule has 2 aromatic rings. The van der Waals surface area contributed by atoms with E-state index in [0.717, 1.165) is 23.5 Å². The maximum Gasteiger partial charge on any atom is 0.356 e. The summed E-state index contributed by atoms with van der Waals surface area (Å²) in [5.74, 6) is -0.249. The SMILES string of the molecule is Cc1nc(C(=O)O)c(CCc2ccncc2)n1C. The molecule has 0 aromatic carbocycles. The molecule has 18 heavy (non-hydrogen) atoms. The van der Waals surface area contributed by atoms with Crippen molar-refractivity contribution in [1.82, 2.24) is 14.5 Å². The van der Waals surface area contributed by atoms with Crippen molar-refractivity contribution >= 4 is 5.97 Å². The smallest absolute Gasteiger partial charge is 0.356 e. The molecule has 5 heteroatoms. The maximum atomic E-state index is 11.1. The van der Waals surface area contributed by atoms with E-state index in [0.29, 0.717) is 6.42 Å². The van der Waals surface area contributed by atoms with Gasteiger partial charge in [0.25, 0.3) is 0 Å². The number of nitrogens with zero attached hydrogens (tertiary/aromatic N) is 3. The maximum absolute atomic E-state index is 11.1. The van der Waals surface area contributed by atoms with E-state index in [2.05, 4.69) is 9.97 Å². The largest absolute Gasteiger partial charge is 0.476 e. The number of carboxylic acids is 1. The lowest BCUT2D eigenvalue weighted by molar-refractivity contribution is 0.0689. The Balaban J connectivity index is 2.21. The second-order valence-corrected chi connectivity index (χ2v) is 4.17. The van der Waals surface area contributed by atoms with Crippen molar-refractivity contribution in [2.75, 3.05) is 0 Å². The predicted molar refractivity (Wildman–Crippen MR) is 66.5 cm³/mol. The van der Waals surface area contributed by atoms with E-state index < -0.39 is 5.97 Å². The molecular weight excluding hydrogens is 230 g/mol. The first-order valence-corrected chi connectivity index (χ1v) is 5.74. The molecule has 0 unspecified atom stereocenters.